The van der Waals surface area contributed by atoms with Crippen LogP contribution < -0.4 is 10.1 Å². The zero-order chi connectivity index (χ0) is 19.9. The number of nitrogens with zero attached hydrogens (tertiary/aromatic N) is 3. The second-order valence-corrected chi connectivity index (χ2v) is 5.91. The van der Waals surface area contributed by atoms with E-state index in [4.69, 9.17) is 4.74 Å². The highest BCUT2D eigenvalue weighted by molar-refractivity contribution is 5.94. The van der Waals surface area contributed by atoms with Crippen molar-refractivity contribution in [1.29, 1.82) is 0 Å². The number of nitrogens with one attached hydrogen (secondary N) is 1. The van der Waals surface area contributed by atoms with Gasteiger partial charge in [0.15, 0.2) is 0 Å². The lowest BCUT2D eigenvalue weighted by Gasteiger charge is -2.08. The number of rotatable bonds is 8. The first-order valence-electron chi connectivity index (χ1n) is 8.43. The minimum absolute atomic E-state index is 0.0928. The van der Waals surface area contributed by atoms with Crippen molar-refractivity contribution in [3.8, 4) is 5.75 Å². The first kappa shape index (κ1) is 19.0. The Morgan fingerprint density at radius 1 is 1.18 bits per heavy atom. The summed E-state index contributed by atoms with van der Waals surface area (Å²) < 4.78 is 19.8. The molecule has 0 bridgehead atoms. The van der Waals surface area contributed by atoms with Gasteiger partial charge in [-0.15, -0.1) is 0 Å². The SMILES string of the molecule is O=C(NCCn1cc([N+](=O)[O-])cn1)c1ccc(COc2ccc(F)cc2)cc1. The van der Waals surface area contributed by atoms with Crippen molar-refractivity contribution < 1.29 is 18.8 Å². The molecule has 1 heterocycles. The molecule has 0 fully saturated rings. The van der Waals surface area contributed by atoms with Gasteiger partial charge in [-0.1, -0.05) is 12.1 Å². The average molecular weight is 384 g/mol. The fourth-order valence-corrected chi connectivity index (χ4v) is 2.41. The molecule has 0 saturated heterocycles. The topological polar surface area (TPSA) is 99.3 Å². The van der Waals surface area contributed by atoms with E-state index >= 15 is 0 Å². The van der Waals surface area contributed by atoms with Gasteiger partial charge in [-0.05, 0) is 42.0 Å². The molecule has 2 aromatic carbocycles. The van der Waals surface area contributed by atoms with Crippen LogP contribution in [0.3, 0.4) is 0 Å². The van der Waals surface area contributed by atoms with E-state index in [-0.39, 0.29) is 24.0 Å². The second kappa shape index (κ2) is 8.76. The molecule has 0 spiro atoms. The smallest absolute Gasteiger partial charge is 0.306 e. The summed E-state index contributed by atoms with van der Waals surface area (Å²) in [5.41, 5.74) is 1.26. The minimum atomic E-state index is -0.524. The fourth-order valence-electron chi connectivity index (χ4n) is 2.41. The summed E-state index contributed by atoms with van der Waals surface area (Å²) in [4.78, 5) is 22.2. The largest absolute Gasteiger partial charge is 0.489 e. The molecule has 0 atom stereocenters. The zero-order valence-corrected chi connectivity index (χ0v) is 14.7. The Hall–Kier alpha value is -3.75. The number of amides is 1. The van der Waals surface area contributed by atoms with Gasteiger partial charge in [0.2, 0.25) is 0 Å². The molecule has 144 valence electrons. The third-order valence-electron chi connectivity index (χ3n) is 3.89. The van der Waals surface area contributed by atoms with Gasteiger partial charge in [0.25, 0.3) is 5.91 Å². The van der Waals surface area contributed by atoms with Gasteiger partial charge in [-0.2, -0.15) is 5.10 Å². The molecule has 0 aliphatic carbocycles. The Morgan fingerprint density at radius 2 is 1.89 bits per heavy atom. The number of nitro groups is 1. The molecular formula is C19H17FN4O4. The van der Waals surface area contributed by atoms with Gasteiger partial charge >= 0.3 is 5.69 Å². The zero-order valence-electron chi connectivity index (χ0n) is 14.7. The Kier molecular flexibility index (Phi) is 5.95. The number of ether oxygens (including phenoxy) is 1. The van der Waals surface area contributed by atoms with E-state index in [1.807, 2.05) is 0 Å². The number of hydrogen-bond donors (Lipinski definition) is 1. The van der Waals surface area contributed by atoms with Crippen LogP contribution in [-0.4, -0.2) is 27.2 Å². The number of aromatic nitrogens is 2. The summed E-state index contributed by atoms with van der Waals surface area (Å²) in [5, 5.41) is 17.2. The molecule has 9 heteroatoms. The van der Waals surface area contributed by atoms with Crippen LogP contribution in [0.1, 0.15) is 15.9 Å². The van der Waals surface area contributed by atoms with Crippen molar-refractivity contribution in [3.63, 3.8) is 0 Å². The summed E-state index contributed by atoms with van der Waals surface area (Å²) in [6.45, 7) is 0.905. The maximum Gasteiger partial charge on any atom is 0.306 e. The first-order chi connectivity index (χ1) is 13.5. The van der Waals surface area contributed by atoms with Crippen LogP contribution in [0.5, 0.6) is 5.75 Å². The second-order valence-electron chi connectivity index (χ2n) is 5.91. The molecule has 1 amide bonds. The highest BCUT2D eigenvalue weighted by Gasteiger charge is 2.09. The van der Waals surface area contributed by atoms with Crippen LogP contribution in [0, 0.1) is 15.9 Å². The van der Waals surface area contributed by atoms with Gasteiger partial charge in [0, 0.05) is 12.1 Å². The van der Waals surface area contributed by atoms with E-state index < -0.39 is 4.92 Å². The lowest BCUT2D eigenvalue weighted by atomic mass is 10.1. The molecule has 3 aromatic rings. The minimum Gasteiger partial charge on any atom is -0.489 e. The lowest BCUT2D eigenvalue weighted by molar-refractivity contribution is -0.385. The van der Waals surface area contributed by atoms with Crippen LogP contribution in [0.15, 0.2) is 60.9 Å². The lowest BCUT2D eigenvalue weighted by Crippen LogP contribution is -2.27. The molecule has 1 aromatic heterocycles. The van der Waals surface area contributed by atoms with Gasteiger partial charge < -0.3 is 10.1 Å². The van der Waals surface area contributed by atoms with Crippen molar-refractivity contribution in [1.82, 2.24) is 15.1 Å². The maximum absolute atomic E-state index is 12.9. The van der Waals surface area contributed by atoms with Crippen LogP contribution >= 0.6 is 0 Å². The van der Waals surface area contributed by atoms with Gasteiger partial charge in [0.1, 0.15) is 30.6 Å². The van der Waals surface area contributed by atoms with E-state index in [9.17, 15) is 19.3 Å². The number of halogens is 1. The highest BCUT2D eigenvalue weighted by atomic mass is 19.1. The molecule has 28 heavy (non-hydrogen) atoms. The summed E-state index contributed by atoms with van der Waals surface area (Å²) >= 11 is 0. The van der Waals surface area contributed by atoms with Crippen LogP contribution in [-0.2, 0) is 13.2 Å². The molecular weight excluding hydrogens is 367 g/mol. The quantitative estimate of drug-likeness (QED) is 0.475. The van der Waals surface area contributed by atoms with Crippen molar-refractivity contribution in [3.05, 3.63) is 88.0 Å². The van der Waals surface area contributed by atoms with Gasteiger partial charge in [-0.3, -0.25) is 19.6 Å². The third kappa shape index (κ3) is 5.13. The van der Waals surface area contributed by atoms with Gasteiger partial charge in [-0.25, -0.2) is 4.39 Å². The monoisotopic (exact) mass is 384 g/mol. The molecule has 0 radical (unpaired) electrons. The summed E-state index contributed by atoms with van der Waals surface area (Å²) in [6, 6.07) is 12.6. The fraction of sp³-hybridized carbons (Fsp3) is 0.158. The van der Waals surface area contributed by atoms with E-state index in [0.717, 1.165) is 11.8 Å². The van der Waals surface area contributed by atoms with E-state index in [1.54, 1.807) is 36.4 Å². The third-order valence-corrected chi connectivity index (χ3v) is 3.89. The molecule has 0 saturated carbocycles. The Bertz CT molecular complexity index is 955. The van der Waals surface area contributed by atoms with Crippen molar-refractivity contribution in [2.45, 2.75) is 13.2 Å². The predicted octanol–water partition coefficient (Wildman–Crippen LogP) is 2.94. The molecule has 0 aliphatic rings. The number of benzene rings is 2. The standard InChI is InChI=1S/C19H17FN4O4/c20-16-5-7-18(8-6-16)28-13-14-1-3-15(4-2-14)19(25)21-9-10-23-12-17(11-22-23)24(26)27/h1-8,11-12H,9-10,13H2,(H,21,25). The van der Waals surface area contributed by atoms with Crippen molar-refractivity contribution in [2.24, 2.45) is 0 Å². The van der Waals surface area contributed by atoms with Crippen molar-refractivity contribution in [2.75, 3.05) is 6.54 Å². The Balaban J connectivity index is 1.46. The van der Waals surface area contributed by atoms with Crippen LogP contribution in [0.2, 0.25) is 0 Å². The summed E-state index contributed by atoms with van der Waals surface area (Å²) in [7, 11) is 0. The van der Waals surface area contributed by atoms with Crippen LogP contribution in [0.4, 0.5) is 10.1 Å². The van der Waals surface area contributed by atoms with E-state index in [2.05, 4.69) is 10.4 Å². The highest BCUT2D eigenvalue weighted by Crippen LogP contribution is 2.14. The average Bonchev–Trinajstić information content (AvgIpc) is 3.17. The predicted molar refractivity (Wildman–Crippen MR) is 98.4 cm³/mol. The van der Waals surface area contributed by atoms with Gasteiger partial charge in [0.05, 0.1) is 11.5 Å². The summed E-state index contributed by atoms with van der Waals surface area (Å²) in [6.07, 6.45) is 2.47. The molecule has 8 nitrogen and oxygen atoms in total. The molecule has 3 rings (SSSR count). The Morgan fingerprint density at radius 3 is 2.54 bits per heavy atom. The van der Waals surface area contributed by atoms with E-state index in [1.165, 1.54) is 23.0 Å². The number of carbonyl (C=O) groups excluding carboxylic acids is 1. The molecule has 1 N–H and O–H groups in total. The Labute approximate surface area is 159 Å². The normalized spacial score (nSPS) is 10.5. The van der Waals surface area contributed by atoms with E-state index in [0.29, 0.717) is 24.5 Å². The molecule has 0 aliphatic heterocycles. The summed E-state index contributed by atoms with van der Waals surface area (Å²) in [5.74, 6) is -0.0248. The number of hydrogen-bond acceptors (Lipinski definition) is 5. The number of carbonyl (C=O) groups is 1. The van der Waals surface area contributed by atoms with Crippen molar-refractivity contribution >= 4 is 11.6 Å². The molecule has 0 unspecified atom stereocenters. The van der Waals surface area contributed by atoms with Crippen LogP contribution in [0.25, 0.3) is 0 Å². The maximum atomic E-state index is 12.9. The first-order valence-corrected chi connectivity index (χ1v) is 8.43.